The molecule has 1 aromatic rings. The molecule has 0 bridgehead atoms. The van der Waals surface area contributed by atoms with Gasteiger partial charge in [-0.05, 0) is 18.6 Å². The Morgan fingerprint density at radius 1 is 1.44 bits per heavy atom. The lowest BCUT2D eigenvalue weighted by atomic mass is 10.1. The molecule has 3 nitrogen and oxygen atoms in total. The molecule has 0 spiro atoms. The number of aliphatic hydroxyl groups excluding tert-OH is 1. The van der Waals surface area contributed by atoms with Crippen LogP contribution in [-0.2, 0) is 4.74 Å². The van der Waals surface area contributed by atoms with Gasteiger partial charge in [-0.3, -0.25) is 0 Å². The predicted molar refractivity (Wildman–Crippen MR) is 59.0 cm³/mol. The molecule has 1 atom stereocenters. The quantitative estimate of drug-likeness (QED) is 0.759. The van der Waals surface area contributed by atoms with Crippen LogP contribution >= 0.6 is 0 Å². The number of aliphatic hydroxyl groups is 1. The van der Waals surface area contributed by atoms with E-state index in [0.29, 0.717) is 12.4 Å². The molecule has 1 rings (SSSR count). The monoisotopic (exact) mass is 228 g/mol. The minimum Gasteiger partial charge on any atom is -0.497 e. The maximum Gasteiger partial charge on any atom is 0.132 e. The molecule has 4 heteroatoms. The summed E-state index contributed by atoms with van der Waals surface area (Å²) >= 11 is 0. The molecule has 16 heavy (non-hydrogen) atoms. The van der Waals surface area contributed by atoms with Crippen LogP contribution in [0.15, 0.2) is 18.2 Å². The Hall–Kier alpha value is -1.13. The summed E-state index contributed by atoms with van der Waals surface area (Å²) in [6.07, 6.45) is -0.0601. The first kappa shape index (κ1) is 12.9. The molecule has 0 aliphatic rings. The van der Waals surface area contributed by atoms with Crippen molar-refractivity contribution >= 4 is 0 Å². The van der Waals surface area contributed by atoms with Crippen LogP contribution < -0.4 is 4.74 Å². The summed E-state index contributed by atoms with van der Waals surface area (Å²) in [6, 6.07) is 4.37. The Bertz CT molecular complexity index is 328. The zero-order chi connectivity index (χ0) is 12.0. The van der Waals surface area contributed by atoms with Gasteiger partial charge in [0, 0.05) is 18.2 Å². The van der Waals surface area contributed by atoms with Crippen LogP contribution in [0.2, 0.25) is 0 Å². The molecular formula is C12H17FO3. The maximum absolute atomic E-state index is 13.5. The van der Waals surface area contributed by atoms with Crippen molar-refractivity contribution in [3.63, 3.8) is 0 Å². The average Bonchev–Trinajstić information content (AvgIpc) is 2.29. The van der Waals surface area contributed by atoms with Crippen molar-refractivity contribution in [1.29, 1.82) is 0 Å². The van der Waals surface area contributed by atoms with E-state index in [9.17, 15) is 9.50 Å². The lowest BCUT2D eigenvalue weighted by molar-refractivity contribution is 0.0346. The summed E-state index contributed by atoms with van der Waals surface area (Å²) in [6.45, 7) is 2.65. The molecule has 0 aliphatic heterocycles. The van der Waals surface area contributed by atoms with E-state index in [0.717, 1.165) is 6.42 Å². The molecule has 0 heterocycles. The third kappa shape index (κ3) is 3.47. The van der Waals surface area contributed by atoms with Gasteiger partial charge in [0.05, 0.1) is 13.7 Å². The van der Waals surface area contributed by atoms with Crippen LogP contribution in [0, 0.1) is 5.82 Å². The van der Waals surface area contributed by atoms with Crippen LogP contribution in [-0.4, -0.2) is 25.4 Å². The Kier molecular flexibility index (Phi) is 5.22. The van der Waals surface area contributed by atoms with Gasteiger partial charge in [-0.15, -0.1) is 0 Å². The Labute approximate surface area is 94.8 Å². The van der Waals surface area contributed by atoms with Gasteiger partial charge in [-0.25, -0.2) is 4.39 Å². The van der Waals surface area contributed by atoms with Gasteiger partial charge in [0.1, 0.15) is 17.7 Å². The standard InChI is InChI=1S/C12H17FO3/c1-3-6-16-8-12(14)10-5-4-9(15-2)7-11(10)13/h4-5,7,12,14H,3,6,8H2,1-2H3. The van der Waals surface area contributed by atoms with E-state index in [1.165, 1.54) is 19.2 Å². The van der Waals surface area contributed by atoms with Crippen molar-refractivity contribution in [2.45, 2.75) is 19.4 Å². The van der Waals surface area contributed by atoms with E-state index >= 15 is 0 Å². The highest BCUT2D eigenvalue weighted by Crippen LogP contribution is 2.22. The van der Waals surface area contributed by atoms with Gasteiger partial charge < -0.3 is 14.6 Å². The smallest absolute Gasteiger partial charge is 0.132 e. The summed E-state index contributed by atoms with van der Waals surface area (Å²) in [5.74, 6) is -0.0464. The van der Waals surface area contributed by atoms with Crippen molar-refractivity contribution in [3.8, 4) is 5.75 Å². The van der Waals surface area contributed by atoms with Crippen molar-refractivity contribution < 1.29 is 19.0 Å². The highest BCUT2D eigenvalue weighted by atomic mass is 19.1. The molecule has 0 saturated heterocycles. The van der Waals surface area contributed by atoms with Gasteiger partial charge in [-0.2, -0.15) is 0 Å². The number of hydrogen-bond donors (Lipinski definition) is 1. The van der Waals surface area contributed by atoms with Crippen molar-refractivity contribution in [3.05, 3.63) is 29.6 Å². The van der Waals surface area contributed by atoms with Crippen LogP contribution in [0.3, 0.4) is 0 Å². The second-order valence-corrected chi connectivity index (χ2v) is 3.48. The fourth-order valence-corrected chi connectivity index (χ4v) is 1.33. The number of rotatable bonds is 6. The highest BCUT2D eigenvalue weighted by Gasteiger charge is 2.13. The molecule has 90 valence electrons. The van der Waals surface area contributed by atoms with E-state index in [1.54, 1.807) is 6.07 Å². The Morgan fingerprint density at radius 3 is 2.75 bits per heavy atom. The summed E-state index contributed by atoms with van der Waals surface area (Å²) in [5, 5.41) is 9.69. The van der Waals surface area contributed by atoms with Gasteiger partial charge in [0.15, 0.2) is 0 Å². The van der Waals surface area contributed by atoms with E-state index in [2.05, 4.69) is 0 Å². The number of ether oxygens (including phenoxy) is 2. The van der Waals surface area contributed by atoms with Crippen molar-refractivity contribution in [1.82, 2.24) is 0 Å². The zero-order valence-electron chi connectivity index (χ0n) is 9.57. The normalized spacial score (nSPS) is 12.5. The number of methoxy groups -OCH3 is 1. The molecule has 0 aromatic heterocycles. The average molecular weight is 228 g/mol. The minimum atomic E-state index is -0.933. The molecule has 1 unspecified atom stereocenters. The Morgan fingerprint density at radius 2 is 2.19 bits per heavy atom. The van der Waals surface area contributed by atoms with Crippen molar-refractivity contribution in [2.24, 2.45) is 0 Å². The second kappa shape index (κ2) is 6.45. The van der Waals surface area contributed by atoms with Gasteiger partial charge in [-0.1, -0.05) is 6.92 Å². The SMILES string of the molecule is CCCOCC(O)c1ccc(OC)cc1F. The van der Waals surface area contributed by atoms with E-state index < -0.39 is 11.9 Å². The molecule has 1 N–H and O–H groups in total. The topological polar surface area (TPSA) is 38.7 Å². The number of benzene rings is 1. The predicted octanol–water partition coefficient (Wildman–Crippen LogP) is 2.29. The first-order chi connectivity index (χ1) is 7.69. The first-order valence-corrected chi connectivity index (χ1v) is 5.28. The van der Waals surface area contributed by atoms with Crippen molar-refractivity contribution in [2.75, 3.05) is 20.3 Å². The summed E-state index contributed by atoms with van der Waals surface area (Å²) in [4.78, 5) is 0. The van der Waals surface area contributed by atoms with E-state index in [1.807, 2.05) is 6.92 Å². The molecular weight excluding hydrogens is 211 g/mol. The summed E-state index contributed by atoms with van der Waals surface area (Å²) in [7, 11) is 1.47. The van der Waals surface area contributed by atoms with Gasteiger partial charge >= 0.3 is 0 Å². The lowest BCUT2D eigenvalue weighted by Crippen LogP contribution is -2.09. The van der Waals surface area contributed by atoms with Gasteiger partial charge in [0.2, 0.25) is 0 Å². The summed E-state index contributed by atoms with van der Waals surface area (Å²) < 4.78 is 23.5. The second-order valence-electron chi connectivity index (χ2n) is 3.48. The lowest BCUT2D eigenvalue weighted by Gasteiger charge is -2.12. The van der Waals surface area contributed by atoms with Crippen LogP contribution in [0.5, 0.6) is 5.75 Å². The number of halogens is 1. The summed E-state index contributed by atoms with van der Waals surface area (Å²) in [5.41, 5.74) is 0.233. The highest BCUT2D eigenvalue weighted by molar-refractivity contribution is 5.30. The first-order valence-electron chi connectivity index (χ1n) is 5.28. The Balaban J connectivity index is 2.64. The zero-order valence-corrected chi connectivity index (χ0v) is 9.57. The van der Waals surface area contributed by atoms with E-state index in [4.69, 9.17) is 9.47 Å². The largest absolute Gasteiger partial charge is 0.497 e. The van der Waals surface area contributed by atoms with Crippen LogP contribution in [0.1, 0.15) is 25.0 Å². The molecule has 0 aliphatic carbocycles. The van der Waals surface area contributed by atoms with Gasteiger partial charge in [0.25, 0.3) is 0 Å². The molecule has 0 radical (unpaired) electrons. The maximum atomic E-state index is 13.5. The third-order valence-corrected chi connectivity index (χ3v) is 2.19. The molecule has 0 amide bonds. The molecule has 0 saturated carbocycles. The third-order valence-electron chi connectivity index (χ3n) is 2.19. The fourth-order valence-electron chi connectivity index (χ4n) is 1.33. The molecule has 1 aromatic carbocycles. The minimum absolute atomic E-state index is 0.108. The van der Waals surface area contributed by atoms with Crippen LogP contribution in [0.25, 0.3) is 0 Å². The fraction of sp³-hybridized carbons (Fsp3) is 0.500. The molecule has 0 fully saturated rings. The van der Waals surface area contributed by atoms with E-state index in [-0.39, 0.29) is 12.2 Å². The number of hydrogen-bond acceptors (Lipinski definition) is 3. The van der Waals surface area contributed by atoms with Crippen LogP contribution in [0.4, 0.5) is 4.39 Å².